The fraction of sp³-hybridized carbons (Fsp3) is 0.286. The minimum absolute atomic E-state index is 0.148. The van der Waals surface area contributed by atoms with E-state index in [0.29, 0.717) is 16.6 Å². The molecule has 3 N–H and O–H groups in total. The molecule has 0 aromatic rings. The molecule has 0 atom stereocenters. The van der Waals surface area contributed by atoms with Crippen molar-refractivity contribution < 1.29 is 10.2 Å². The monoisotopic (exact) mass is 213 g/mol. The minimum atomic E-state index is -0.174. The third-order valence-corrected chi connectivity index (χ3v) is 2.11. The van der Waals surface area contributed by atoms with Crippen molar-refractivity contribution in [2.75, 3.05) is 13.3 Å². The summed E-state index contributed by atoms with van der Waals surface area (Å²) in [4.78, 5) is 4.11. The molecule has 2 heterocycles. The smallest absolute Gasteiger partial charge is 0.167 e. The van der Waals surface area contributed by atoms with E-state index in [1.54, 1.807) is 17.3 Å². The molecule has 0 aliphatic carbocycles. The molecule has 7 heteroatoms. The molecule has 0 bridgehead atoms. The first-order valence-electron chi connectivity index (χ1n) is 3.97. The Hall–Kier alpha value is -1.15. The van der Waals surface area contributed by atoms with E-state index < -0.39 is 0 Å². The molecule has 1 radical (unpaired) electrons. The number of nitrogens with zero attached hydrogens (tertiary/aromatic N) is 3. The summed E-state index contributed by atoms with van der Waals surface area (Å²) in [6.45, 7) is -0.322. The first kappa shape index (κ1) is 9.41. The highest BCUT2D eigenvalue weighted by molar-refractivity contribution is 7.84. The van der Waals surface area contributed by atoms with Gasteiger partial charge in [-0.05, 0) is 6.08 Å². The van der Waals surface area contributed by atoms with E-state index in [4.69, 9.17) is 22.8 Å². The zero-order chi connectivity index (χ0) is 10.1. The first-order chi connectivity index (χ1) is 6.74. The van der Waals surface area contributed by atoms with Gasteiger partial charge in [-0.1, -0.05) is 12.6 Å². The Morgan fingerprint density at radius 2 is 2.29 bits per heavy atom. The van der Waals surface area contributed by atoms with Crippen LogP contribution in [-0.4, -0.2) is 39.3 Å². The van der Waals surface area contributed by atoms with Crippen molar-refractivity contribution in [1.82, 2.24) is 15.6 Å². The maximum atomic E-state index is 8.90. The van der Waals surface area contributed by atoms with Crippen molar-refractivity contribution >= 4 is 18.3 Å². The maximum absolute atomic E-state index is 8.90. The first-order valence-corrected chi connectivity index (χ1v) is 4.38. The fourth-order valence-electron chi connectivity index (χ4n) is 1.19. The SMILES string of the molecule is OCC1=NC2=CN(CO)NN2C([S])=C1. The van der Waals surface area contributed by atoms with Crippen LogP contribution in [0.15, 0.2) is 28.1 Å². The summed E-state index contributed by atoms with van der Waals surface area (Å²) < 4.78 is 0. The van der Waals surface area contributed by atoms with Gasteiger partial charge in [0.2, 0.25) is 0 Å². The molecule has 0 fully saturated rings. The van der Waals surface area contributed by atoms with Gasteiger partial charge >= 0.3 is 0 Å². The van der Waals surface area contributed by atoms with E-state index in [-0.39, 0.29) is 13.3 Å². The third kappa shape index (κ3) is 1.46. The van der Waals surface area contributed by atoms with Gasteiger partial charge in [0.1, 0.15) is 11.8 Å². The van der Waals surface area contributed by atoms with Crippen LogP contribution < -0.4 is 5.53 Å². The van der Waals surface area contributed by atoms with Crippen LogP contribution in [0.5, 0.6) is 0 Å². The zero-order valence-corrected chi connectivity index (χ0v) is 8.03. The van der Waals surface area contributed by atoms with Crippen molar-refractivity contribution in [2.24, 2.45) is 4.99 Å². The molecule has 0 amide bonds. The molecule has 0 spiro atoms. The van der Waals surface area contributed by atoms with E-state index in [2.05, 4.69) is 10.5 Å². The lowest BCUT2D eigenvalue weighted by Gasteiger charge is -2.23. The van der Waals surface area contributed by atoms with E-state index in [1.807, 2.05) is 0 Å². The summed E-state index contributed by atoms with van der Waals surface area (Å²) in [5, 5.41) is 21.2. The Kier molecular flexibility index (Phi) is 2.38. The molecule has 0 unspecified atom stereocenters. The summed E-state index contributed by atoms with van der Waals surface area (Å²) in [7, 11) is 0. The standard InChI is InChI=1S/C7H9N4O2S/c12-3-5-1-7(14)11-6(8-5)2-10(4-13)9-11/h1-2,9,12-13H,3-4H2. The highest BCUT2D eigenvalue weighted by Crippen LogP contribution is 2.24. The Morgan fingerprint density at radius 3 is 2.93 bits per heavy atom. The molecule has 0 saturated heterocycles. The average Bonchev–Trinajstić information content (AvgIpc) is 2.61. The summed E-state index contributed by atoms with van der Waals surface area (Å²) in [5.41, 5.74) is 3.31. The van der Waals surface area contributed by atoms with Crippen molar-refractivity contribution in [2.45, 2.75) is 0 Å². The second-order valence-electron chi connectivity index (χ2n) is 2.78. The van der Waals surface area contributed by atoms with Crippen LogP contribution in [0.4, 0.5) is 0 Å². The van der Waals surface area contributed by atoms with Gasteiger partial charge in [-0.15, -0.1) is 5.53 Å². The van der Waals surface area contributed by atoms with Crippen molar-refractivity contribution in [3.8, 4) is 0 Å². The minimum Gasteiger partial charge on any atom is -0.390 e. The van der Waals surface area contributed by atoms with Gasteiger partial charge in [0.15, 0.2) is 5.82 Å². The number of aliphatic hydroxyl groups excluding tert-OH is 2. The molecule has 0 aromatic carbocycles. The van der Waals surface area contributed by atoms with Gasteiger partial charge in [-0.3, -0.25) is 5.01 Å². The number of hydrazine groups is 2. The van der Waals surface area contributed by atoms with Crippen LogP contribution in [0.1, 0.15) is 0 Å². The number of aliphatic imine (C=N–C) groups is 1. The van der Waals surface area contributed by atoms with Gasteiger partial charge < -0.3 is 10.2 Å². The van der Waals surface area contributed by atoms with Gasteiger partial charge in [0.05, 0.1) is 18.5 Å². The Balaban J connectivity index is 2.27. The van der Waals surface area contributed by atoms with Gasteiger partial charge in [0.25, 0.3) is 0 Å². The van der Waals surface area contributed by atoms with Crippen LogP contribution >= 0.6 is 12.6 Å². The summed E-state index contributed by atoms with van der Waals surface area (Å²) in [6, 6.07) is 0. The molecule has 0 aromatic heterocycles. The molecular weight excluding hydrogens is 204 g/mol. The topological polar surface area (TPSA) is 71.3 Å². The van der Waals surface area contributed by atoms with Gasteiger partial charge in [0, 0.05) is 0 Å². The molecule has 6 nitrogen and oxygen atoms in total. The second kappa shape index (κ2) is 3.54. The van der Waals surface area contributed by atoms with Crippen LogP contribution in [0, 0.1) is 0 Å². The largest absolute Gasteiger partial charge is 0.390 e. The van der Waals surface area contributed by atoms with Crippen LogP contribution in [0.3, 0.4) is 0 Å². The van der Waals surface area contributed by atoms with Crippen LogP contribution in [-0.2, 0) is 0 Å². The Labute approximate surface area is 86.2 Å². The molecule has 2 aliphatic rings. The van der Waals surface area contributed by atoms with E-state index in [9.17, 15) is 0 Å². The highest BCUT2D eigenvalue weighted by Gasteiger charge is 2.25. The zero-order valence-electron chi connectivity index (χ0n) is 7.21. The van der Waals surface area contributed by atoms with Crippen molar-refractivity contribution in [3.63, 3.8) is 0 Å². The molecule has 0 saturated carbocycles. The summed E-state index contributed by atoms with van der Waals surface area (Å²) >= 11 is 5.05. The number of nitrogens with one attached hydrogen (secondary N) is 1. The Bertz CT molecular complexity index is 339. The lowest BCUT2D eigenvalue weighted by Crippen LogP contribution is -2.40. The number of rotatable bonds is 2. The quantitative estimate of drug-likeness (QED) is 0.563. The van der Waals surface area contributed by atoms with Gasteiger partial charge in [-0.25, -0.2) is 10.0 Å². The van der Waals surface area contributed by atoms with Crippen LogP contribution in [0.2, 0.25) is 0 Å². The van der Waals surface area contributed by atoms with Gasteiger partial charge in [-0.2, -0.15) is 0 Å². The highest BCUT2D eigenvalue weighted by atomic mass is 32.1. The van der Waals surface area contributed by atoms with E-state index in [0.717, 1.165) is 0 Å². The number of fused-ring (bicyclic) bond motifs is 1. The molecule has 75 valence electrons. The second-order valence-corrected chi connectivity index (χ2v) is 3.20. The van der Waals surface area contributed by atoms with Crippen molar-refractivity contribution in [1.29, 1.82) is 0 Å². The normalized spacial score (nSPS) is 20.3. The maximum Gasteiger partial charge on any atom is 0.167 e. The summed E-state index contributed by atoms with van der Waals surface area (Å²) in [5.74, 6) is 0.565. The molecule has 2 aliphatic heterocycles. The number of hydrogen-bond acceptors (Lipinski definition) is 6. The third-order valence-electron chi connectivity index (χ3n) is 1.81. The van der Waals surface area contributed by atoms with E-state index in [1.165, 1.54) is 5.01 Å². The van der Waals surface area contributed by atoms with E-state index >= 15 is 0 Å². The number of aliphatic hydroxyl groups is 2. The average molecular weight is 213 g/mol. The summed E-state index contributed by atoms with van der Waals surface area (Å²) in [6.07, 6.45) is 3.20. The molecule has 14 heavy (non-hydrogen) atoms. The van der Waals surface area contributed by atoms with Crippen LogP contribution in [0.25, 0.3) is 0 Å². The number of hydrogen-bond donors (Lipinski definition) is 3. The molecule has 2 rings (SSSR count). The molecular formula is C7H9N4O2S. The van der Waals surface area contributed by atoms with Crippen molar-refractivity contribution in [3.05, 3.63) is 23.1 Å². The lowest BCUT2D eigenvalue weighted by molar-refractivity contribution is 0.0680. The predicted octanol–water partition coefficient (Wildman–Crippen LogP) is -0.742. The fourth-order valence-corrected chi connectivity index (χ4v) is 1.46. The Morgan fingerprint density at radius 1 is 1.50 bits per heavy atom. The lowest BCUT2D eigenvalue weighted by atomic mass is 10.3. The predicted molar refractivity (Wildman–Crippen MR) is 52.2 cm³/mol.